The van der Waals surface area contributed by atoms with E-state index >= 15 is 0 Å². The molecule has 186 valence electrons. The topological polar surface area (TPSA) is 267 Å². The number of nitrogens with two attached hydrogens (primary N) is 2. The van der Waals surface area contributed by atoms with E-state index < -0.39 is 91.6 Å². The first-order valence-corrected chi connectivity index (χ1v) is 9.30. The lowest BCUT2D eigenvalue weighted by Gasteiger charge is -2.23. The van der Waals surface area contributed by atoms with E-state index in [1.165, 1.54) is 0 Å². The van der Waals surface area contributed by atoms with Gasteiger partial charge in [-0.3, -0.25) is 28.8 Å². The summed E-state index contributed by atoms with van der Waals surface area (Å²) in [5, 5.41) is 23.8. The third-order valence-corrected chi connectivity index (χ3v) is 3.98. The molecule has 3 amide bonds. The molecule has 0 heterocycles. The van der Waals surface area contributed by atoms with Crippen LogP contribution in [0.2, 0.25) is 0 Å². The largest absolute Gasteiger partial charge is 0.481 e. The first kappa shape index (κ1) is 29.2. The smallest absolute Gasteiger partial charge is 0.328 e. The van der Waals surface area contributed by atoms with Gasteiger partial charge in [-0.2, -0.15) is 0 Å². The highest BCUT2D eigenvalue weighted by Crippen LogP contribution is 2.00. The molecule has 0 saturated carbocycles. The van der Waals surface area contributed by atoms with Crippen molar-refractivity contribution in [2.24, 2.45) is 11.5 Å². The molecule has 0 aliphatic carbocycles. The van der Waals surface area contributed by atoms with Gasteiger partial charge in [-0.25, -0.2) is 4.79 Å². The molecule has 33 heavy (non-hydrogen) atoms. The number of carbonyl (C=O) groups is 7. The summed E-state index contributed by atoms with van der Waals surface area (Å²) in [4.78, 5) is 81.6. The molecule has 0 spiro atoms. The number of carbonyl (C=O) groups excluding carboxylic acids is 5. The van der Waals surface area contributed by atoms with Gasteiger partial charge in [0.15, 0.2) is 0 Å². The summed E-state index contributed by atoms with van der Waals surface area (Å²) in [6, 6.07) is -6.18. The van der Waals surface area contributed by atoms with Gasteiger partial charge in [0.2, 0.25) is 17.7 Å². The van der Waals surface area contributed by atoms with Crippen LogP contribution in [-0.4, -0.2) is 96.7 Å². The highest BCUT2D eigenvalue weighted by atomic mass is 16.5. The van der Waals surface area contributed by atoms with Gasteiger partial charge in [0, 0.05) is 6.54 Å². The number of ether oxygens (including phenoxy) is 2. The van der Waals surface area contributed by atoms with Crippen LogP contribution in [0.1, 0.15) is 19.3 Å². The Morgan fingerprint density at radius 1 is 0.727 bits per heavy atom. The maximum Gasteiger partial charge on any atom is 0.328 e. The second kappa shape index (κ2) is 14.3. The minimum absolute atomic E-state index is 0.621. The van der Waals surface area contributed by atoms with Crippen LogP contribution in [0.3, 0.4) is 0 Å². The molecule has 0 aliphatic heterocycles. The van der Waals surface area contributed by atoms with E-state index in [2.05, 4.69) is 25.4 Å². The molecule has 16 nitrogen and oxygen atoms in total. The molecule has 0 aliphatic rings. The van der Waals surface area contributed by atoms with Crippen LogP contribution >= 0.6 is 0 Å². The van der Waals surface area contributed by atoms with Gasteiger partial charge in [0.25, 0.3) is 0 Å². The molecule has 0 aromatic carbocycles. The average Bonchev–Trinajstić information content (AvgIpc) is 2.73. The molecule has 9 N–H and O–H groups in total. The summed E-state index contributed by atoms with van der Waals surface area (Å²) < 4.78 is 8.92. The Kier molecular flexibility index (Phi) is 12.7. The van der Waals surface area contributed by atoms with Gasteiger partial charge in [-0.1, -0.05) is 0 Å². The Bertz CT molecular complexity index is 772. The maximum absolute atomic E-state index is 12.7. The lowest BCUT2D eigenvalue weighted by molar-refractivity contribution is -0.151. The second-order valence-corrected chi connectivity index (χ2v) is 6.58. The zero-order valence-electron chi connectivity index (χ0n) is 17.9. The van der Waals surface area contributed by atoms with Crippen molar-refractivity contribution in [3.05, 3.63) is 0 Å². The molecule has 16 heteroatoms. The molecular formula is C17H27N5O11. The normalized spacial score (nSPS) is 13.9. The van der Waals surface area contributed by atoms with E-state index in [0.717, 1.165) is 14.2 Å². The minimum Gasteiger partial charge on any atom is -0.481 e. The number of methoxy groups -OCH3 is 2. The number of nitrogens with one attached hydrogen (secondary N) is 3. The van der Waals surface area contributed by atoms with E-state index in [-0.39, 0.29) is 0 Å². The molecule has 0 bridgehead atoms. The van der Waals surface area contributed by atoms with E-state index in [1.807, 2.05) is 0 Å². The summed E-state index contributed by atoms with van der Waals surface area (Å²) in [5.41, 5.74) is 10.9. The Hall–Kier alpha value is -3.79. The van der Waals surface area contributed by atoms with Crippen LogP contribution in [0.25, 0.3) is 0 Å². The third kappa shape index (κ3) is 11.4. The molecule has 0 aromatic rings. The Labute approximate surface area is 187 Å². The maximum atomic E-state index is 12.7. The van der Waals surface area contributed by atoms with E-state index in [1.54, 1.807) is 0 Å². The van der Waals surface area contributed by atoms with Crippen molar-refractivity contribution in [3.8, 4) is 0 Å². The number of carboxylic acid groups (broad SMARTS) is 2. The van der Waals surface area contributed by atoms with Crippen molar-refractivity contribution >= 4 is 41.6 Å². The van der Waals surface area contributed by atoms with Gasteiger partial charge >= 0.3 is 23.9 Å². The number of hydrogen-bond donors (Lipinski definition) is 7. The first-order valence-electron chi connectivity index (χ1n) is 9.30. The fraction of sp³-hybridized carbons (Fsp3) is 0.588. The Balaban J connectivity index is 5.52. The summed E-state index contributed by atoms with van der Waals surface area (Å²) >= 11 is 0. The number of esters is 2. The highest BCUT2D eigenvalue weighted by Gasteiger charge is 2.31. The van der Waals surface area contributed by atoms with Crippen molar-refractivity contribution in [2.45, 2.75) is 43.4 Å². The number of rotatable bonds is 14. The fourth-order valence-electron chi connectivity index (χ4n) is 2.24. The zero-order valence-corrected chi connectivity index (χ0v) is 17.9. The van der Waals surface area contributed by atoms with Gasteiger partial charge in [-0.05, 0) is 0 Å². The van der Waals surface area contributed by atoms with Crippen molar-refractivity contribution in [3.63, 3.8) is 0 Å². The van der Waals surface area contributed by atoms with Crippen LogP contribution in [0.15, 0.2) is 0 Å². The van der Waals surface area contributed by atoms with Crippen LogP contribution < -0.4 is 27.4 Å². The van der Waals surface area contributed by atoms with Crippen LogP contribution in [0.4, 0.5) is 0 Å². The third-order valence-electron chi connectivity index (χ3n) is 3.98. The molecular weight excluding hydrogens is 450 g/mol. The van der Waals surface area contributed by atoms with Crippen molar-refractivity contribution in [2.75, 3.05) is 20.8 Å². The van der Waals surface area contributed by atoms with Crippen LogP contribution in [-0.2, 0) is 43.0 Å². The molecule has 0 rings (SSSR count). The highest BCUT2D eigenvalue weighted by molar-refractivity contribution is 5.94. The summed E-state index contributed by atoms with van der Waals surface area (Å²) in [6.45, 7) is -0.643. The van der Waals surface area contributed by atoms with Crippen LogP contribution in [0, 0.1) is 0 Å². The van der Waals surface area contributed by atoms with Gasteiger partial charge < -0.3 is 47.1 Å². The molecule has 4 unspecified atom stereocenters. The van der Waals surface area contributed by atoms with Crippen LogP contribution in [0.5, 0.6) is 0 Å². The molecule has 0 fully saturated rings. The lowest BCUT2D eigenvalue weighted by atomic mass is 10.1. The molecule has 0 radical (unpaired) electrons. The first-order chi connectivity index (χ1) is 15.3. The predicted octanol–water partition coefficient (Wildman–Crippen LogP) is -4.59. The number of aliphatic carboxylic acids is 2. The summed E-state index contributed by atoms with van der Waals surface area (Å²) in [5.74, 6) is -7.78. The van der Waals surface area contributed by atoms with E-state index in [0.29, 0.717) is 0 Å². The molecule has 0 saturated heterocycles. The predicted molar refractivity (Wildman–Crippen MR) is 106 cm³/mol. The standard InChI is InChI=1S/C17H27N5O11/c1-32-13(27)5-9(17(31)33-2)21-16(30)10(22-15(29)8(19)4-12(25)26)6-20-14(28)7(18)3-11(23)24/h7-10H,3-6,18-19H2,1-2H3,(H,20,28)(H,21,30)(H,22,29)(H,23,24)(H,25,26). The minimum atomic E-state index is -1.62. The molecule has 0 aromatic heterocycles. The van der Waals surface area contributed by atoms with Gasteiger partial charge in [0.05, 0.1) is 45.6 Å². The van der Waals surface area contributed by atoms with Crippen molar-refractivity contribution in [1.29, 1.82) is 0 Å². The second-order valence-electron chi connectivity index (χ2n) is 6.58. The van der Waals surface area contributed by atoms with Crippen molar-refractivity contribution in [1.82, 2.24) is 16.0 Å². The van der Waals surface area contributed by atoms with Gasteiger partial charge in [-0.15, -0.1) is 0 Å². The summed E-state index contributed by atoms with van der Waals surface area (Å²) in [7, 11) is 2.04. The Morgan fingerprint density at radius 2 is 1.21 bits per heavy atom. The summed E-state index contributed by atoms with van der Waals surface area (Å²) in [6.07, 6.45) is -2.12. The fourth-order valence-corrected chi connectivity index (χ4v) is 2.24. The van der Waals surface area contributed by atoms with Gasteiger partial charge in [0.1, 0.15) is 12.1 Å². The number of carboxylic acids is 2. The zero-order chi connectivity index (χ0) is 25.7. The number of hydrogen-bond acceptors (Lipinski definition) is 11. The Morgan fingerprint density at radius 3 is 1.67 bits per heavy atom. The SMILES string of the molecule is COC(=O)CC(NC(=O)C(CNC(=O)C(N)CC(=O)O)NC(=O)C(N)CC(=O)O)C(=O)OC. The average molecular weight is 477 g/mol. The quantitative estimate of drug-likeness (QED) is 0.116. The van der Waals surface area contributed by atoms with Crippen molar-refractivity contribution < 1.29 is 53.2 Å². The monoisotopic (exact) mass is 477 g/mol. The lowest BCUT2D eigenvalue weighted by Crippen LogP contribution is -2.59. The number of amides is 3. The van der Waals surface area contributed by atoms with E-state index in [4.69, 9.17) is 21.7 Å². The van der Waals surface area contributed by atoms with E-state index in [9.17, 15) is 33.6 Å². The molecule has 4 atom stereocenters.